The molecular formula is C24H18Cl2N2O. The molecule has 0 aliphatic carbocycles. The summed E-state index contributed by atoms with van der Waals surface area (Å²) in [6.07, 6.45) is 0. The maximum absolute atomic E-state index is 13.1. The lowest BCUT2D eigenvalue weighted by atomic mass is 10.0. The molecule has 0 atom stereocenters. The summed E-state index contributed by atoms with van der Waals surface area (Å²) < 4.78 is 0. The molecular weight excluding hydrogens is 403 g/mol. The molecule has 0 radical (unpaired) electrons. The fraction of sp³-hybridized carbons (Fsp3) is 0.0833. The molecule has 0 saturated carbocycles. The van der Waals surface area contributed by atoms with E-state index in [1.807, 2.05) is 62.4 Å². The molecule has 4 aromatic rings. The molecule has 3 aromatic carbocycles. The van der Waals surface area contributed by atoms with Crippen molar-refractivity contribution in [3.8, 4) is 11.3 Å². The Morgan fingerprint density at radius 2 is 1.66 bits per heavy atom. The minimum atomic E-state index is -0.187. The van der Waals surface area contributed by atoms with Gasteiger partial charge in [0.25, 0.3) is 5.91 Å². The molecule has 3 nitrogen and oxygen atoms in total. The van der Waals surface area contributed by atoms with Crippen molar-refractivity contribution < 1.29 is 4.79 Å². The van der Waals surface area contributed by atoms with Crippen LogP contribution in [-0.2, 0) is 0 Å². The third-order valence-electron chi connectivity index (χ3n) is 4.94. The van der Waals surface area contributed by atoms with Gasteiger partial charge >= 0.3 is 0 Å². The van der Waals surface area contributed by atoms with Crippen LogP contribution in [-0.4, -0.2) is 10.9 Å². The first-order valence-corrected chi connectivity index (χ1v) is 9.92. The number of amides is 1. The van der Waals surface area contributed by atoms with Crippen LogP contribution in [0.4, 0.5) is 5.69 Å². The number of halogens is 2. The molecule has 1 aromatic heterocycles. The van der Waals surface area contributed by atoms with Crippen LogP contribution >= 0.6 is 23.2 Å². The molecule has 1 amide bonds. The normalized spacial score (nSPS) is 10.9. The van der Waals surface area contributed by atoms with E-state index in [1.54, 1.807) is 18.2 Å². The first-order chi connectivity index (χ1) is 13.9. The number of aromatic nitrogens is 1. The van der Waals surface area contributed by atoms with Crippen LogP contribution in [0.25, 0.3) is 22.2 Å². The van der Waals surface area contributed by atoms with Crippen LogP contribution in [0.5, 0.6) is 0 Å². The SMILES string of the molecule is Cc1ccc(NC(=O)c2cc(-c3ccc(Cl)c(Cl)c3)nc3ccccc23)cc1C. The van der Waals surface area contributed by atoms with Crippen molar-refractivity contribution in [1.82, 2.24) is 4.98 Å². The molecule has 0 saturated heterocycles. The number of anilines is 1. The Morgan fingerprint density at radius 1 is 0.862 bits per heavy atom. The summed E-state index contributed by atoms with van der Waals surface area (Å²) in [6, 6.07) is 20.6. The average Bonchev–Trinajstić information content (AvgIpc) is 2.72. The zero-order valence-corrected chi connectivity index (χ0v) is 17.5. The van der Waals surface area contributed by atoms with Gasteiger partial charge in [-0.3, -0.25) is 4.79 Å². The summed E-state index contributed by atoms with van der Waals surface area (Å²) in [7, 11) is 0. The van der Waals surface area contributed by atoms with E-state index in [1.165, 1.54) is 5.56 Å². The third kappa shape index (κ3) is 3.98. The van der Waals surface area contributed by atoms with Crippen LogP contribution in [0.1, 0.15) is 21.5 Å². The van der Waals surface area contributed by atoms with E-state index >= 15 is 0 Å². The second-order valence-corrected chi connectivity index (χ2v) is 7.77. The van der Waals surface area contributed by atoms with Gasteiger partial charge in [0, 0.05) is 16.6 Å². The summed E-state index contributed by atoms with van der Waals surface area (Å²) >= 11 is 12.2. The number of nitrogens with zero attached hydrogens (tertiary/aromatic N) is 1. The second kappa shape index (κ2) is 7.86. The van der Waals surface area contributed by atoms with Gasteiger partial charge < -0.3 is 5.32 Å². The highest BCUT2D eigenvalue weighted by Crippen LogP contribution is 2.30. The van der Waals surface area contributed by atoms with Gasteiger partial charge in [-0.25, -0.2) is 4.98 Å². The zero-order chi connectivity index (χ0) is 20.5. The van der Waals surface area contributed by atoms with Crippen LogP contribution in [0.3, 0.4) is 0 Å². The van der Waals surface area contributed by atoms with Gasteiger partial charge in [-0.2, -0.15) is 0 Å². The number of hydrogen-bond donors (Lipinski definition) is 1. The third-order valence-corrected chi connectivity index (χ3v) is 5.68. The maximum atomic E-state index is 13.1. The number of rotatable bonds is 3. The fourth-order valence-electron chi connectivity index (χ4n) is 3.18. The number of carbonyl (C=O) groups is 1. The van der Waals surface area contributed by atoms with Gasteiger partial charge in [0.2, 0.25) is 0 Å². The summed E-state index contributed by atoms with van der Waals surface area (Å²) in [5, 5.41) is 4.71. The lowest BCUT2D eigenvalue weighted by molar-refractivity contribution is 0.102. The van der Waals surface area contributed by atoms with Gasteiger partial charge in [-0.15, -0.1) is 0 Å². The Hall–Kier alpha value is -2.88. The van der Waals surface area contributed by atoms with Crippen LogP contribution in [0, 0.1) is 13.8 Å². The Balaban J connectivity index is 1.80. The first kappa shape index (κ1) is 19.4. The highest BCUT2D eigenvalue weighted by molar-refractivity contribution is 6.42. The second-order valence-electron chi connectivity index (χ2n) is 6.95. The predicted molar refractivity (Wildman–Crippen MR) is 121 cm³/mol. The lowest BCUT2D eigenvalue weighted by Gasteiger charge is -2.12. The largest absolute Gasteiger partial charge is 0.322 e. The van der Waals surface area contributed by atoms with E-state index in [-0.39, 0.29) is 5.91 Å². The molecule has 0 aliphatic rings. The van der Waals surface area contributed by atoms with Crippen molar-refractivity contribution in [3.05, 3.63) is 93.5 Å². The molecule has 144 valence electrons. The topological polar surface area (TPSA) is 42.0 Å². The minimum Gasteiger partial charge on any atom is -0.322 e. The summed E-state index contributed by atoms with van der Waals surface area (Å²) in [5.74, 6) is -0.187. The molecule has 0 unspecified atom stereocenters. The van der Waals surface area contributed by atoms with Crippen LogP contribution in [0.15, 0.2) is 66.7 Å². The van der Waals surface area contributed by atoms with Gasteiger partial charge in [0.15, 0.2) is 0 Å². The molecule has 1 heterocycles. The standard InChI is InChI=1S/C24H18Cl2N2O/c1-14-7-9-17(11-15(14)2)27-24(29)19-13-23(16-8-10-20(25)21(26)12-16)28-22-6-4-3-5-18(19)22/h3-13H,1-2H3,(H,27,29). The number of pyridine rings is 1. The first-order valence-electron chi connectivity index (χ1n) is 9.16. The van der Waals surface area contributed by atoms with Gasteiger partial charge in [0.1, 0.15) is 0 Å². The predicted octanol–water partition coefficient (Wildman–Crippen LogP) is 7.08. The number of para-hydroxylation sites is 1. The molecule has 0 aliphatic heterocycles. The zero-order valence-electron chi connectivity index (χ0n) is 16.0. The molecule has 5 heteroatoms. The van der Waals surface area contributed by atoms with Crippen molar-refractivity contribution in [2.75, 3.05) is 5.32 Å². The van der Waals surface area contributed by atoms with Crippen LogP contribution in [0.2, 0.25) is 10.0 Å². The molecule has 29 heavy (non-hydrogen) atoms. The van der Waals surface area contributed by atoms with E-state index in [2.05, 4.69) is 5.32 Å². The van der Waals surface area contributed by atoms with Crippen molar-refractivity contribution >= 4 is 45.7 Å². The number of carbonyl (C=O) groups excluding carboxylic acids is 1. The molecule has 4 rings (SSSR count). The molecule has 1 N–H and O–H groups in total. The van der Waals surface area contributed by atoms with Crippen molar-refractivity contribution in [2.24, 2.45) is 0 Å². The number of benzene rings is 3. The summed E-state index contributed by atoms with van der Waals surface area (Å²) in [4.78, 5) is 17.9. The lowest BCUT2D eigenvalue weighted by Crippen LogP contribution is -2.13. The molecule has 0 fully saturated rings. The maximum Gasteiger partial charge on any atom is 0.256 e. The van der Waals surface area contributed by atoms with E-state index in [0.717, 1.165) is 27.7 Å². The van der Waals surface area contributed by atoms with Gasteiger partial charge in [-0.1, -0.05) is 53.5 Å². The number of fused-ring (bicyclic) bond motifs is 1. The Bertz CT molecular complexity index is 1250. The van der Waals surface area contributed by atoms with Crippen molar-refractivity contribution in [3.63, 3.8) is 0 Å². The highest BCUT2D eigenvalue weighted by atomic mass is 35.5. The van der Waals surface area contributed by atoms with E-state index in [9.17, 15) is 4.79 Å². The van der Waals surface area contributed by atoms with Crippen molar-refractivity contribution in [1.29, 1.82) is 0 Å². The summed E-state index contributed by atoms with van der Waals surface area (Å²) in [6.45, 7) is 4.07. The Morgan fingerprint density at radius 3 is 2.41 bits per heavy atom. The van der Waals surface area contributed by atoms with E-state index < -0.39 is 0 Å². The highest BCUT2D eigenvalue weighted by Gasteiger charge is 2.15. The number of hydrogen-bond acceptors (Lipinski definition) is 2. The number of nitrogens with one attached hydrogen (secondary N) is 1. The number of aryl methyl sites for hydroxylation is 2. The van der Waals surface area contributed by atoms with E-state index in [0.29, 0.717) is 21.3 Å². The Labute approximate surface area is 179 Å². The quantitative estimate of drug-likeness (QED) is 0.384. The van der Waals surface area contributed by atoms with E-state index in [4.69, 9.17) is 28.2 Å². The van der Waals surface area contributed by atoms with Gasteiger partial charge in [-0.05, 0) is 61.4 Å². The monoisotopic (exact) mass is 420 g/mol. The summed E-state index contributed by atoms with van der Waals surface area (Å²) in [5.41, 5.74) is 5.81. The Kier molecular flexibility index (Phi) is 5.27. The molecule has 0 bridgehead atoms. The van der Waals surface area contributed by atoms with Crippen LogP contribution < -0.4 is 5.32 Å². The molecule has 0 spiro atoms. The minimum absolute atomic E-state index is 0.187. The van der Waals surface area contributed by atoms with Crippen molar-refractivity contribution in [2.45, 2.75) is 13.8 Å². The smallest absolute Gasteiger partial charge is 0.256 e. The average molecular weight is 421 g/mol. The fourth-order valence-corrected chi connectivity index (χ4v) is 3.48. The van der Waals surface area contributed by atoms with Gasteiger partial charge in [0.05, 0.1) is 26.8 Å².